The van der Waals surface area contributed by atoms with Crippen LogP contribution in [-0.4, -0.2) is 109 Å². The van der Waals surface area contributed by atoms with E-state index in [1.807, 2.05) is 13.8 Å². The lowest BCUT2D eigenvalue weighted by molar-refractivity contribution is -0.157. The molecule has 50 heavy (non-hydrogen) atoms. The molecular formula is C35H61FN6O8. The number of alkyl halides is 1. The average Bonchev–Trinajstić information content (AvgIpc) is 3.09. The number of carbonyl (C=O) groups is 6. The van der Waals surface area contributed by atoms with Crippen molar-refractivity contribution >= 4 is 35.5 Å². The summed E-state index contributed by atoms with van der Waals surface area (Å²) in [7, 11) is 1.51. The summed E-state index contributed by atoms with van der Waals surface area (Å²) in [5.74, 6) is -5.45. The summed E-state index contributed by atoms with van der Waals surface area (Å²) < 4.78 is 18.8. The van der Waals surface area contributed by atoms with Gasteiger partial charge in [0.2, 0.25) is 29.5 Å². The summed E-state index contributed by atoms with van der Waals surface area (Å²) in [5, 5.41) is 20.7. The Morgan fingerprint density at radius 3 is 2.16 bits per heavy atom. The first-order valence-corrected chi connectivity index (χ1v) is 18.2. The third kappa shape index (κ3) is 13.1. The first-order chi connectivity index (χ1) is 23.6. The highest BCUT2D eigenvalue weighted by molar-refractivity contribution is 5.96. The molecule has 0 aromatic rings. The highest BCUT2D eigenvalue weighted by Gasteiger charge is 2.39. The Labute approximate surface area is 295 Å². The van der Waals surface area contributed by atoms with E-state index in [0.717, 1.165) is 19.3 Å². The molecule has 14 nitrogen and oxygen atoms in total. The summed E-state index contributed by atoms with van der Waals surface area (Å²) in [4.78, 5) is 82.6. The number of amides is 5. The van der Waals surface area contributed by atoms with Crippen molar-refractivity contribution in [2.45, 2.75) is 135 Å². The van der Waals surface area contributed by atoms with Gasteiger partial charge in [-0.15, -0.1) is 0 Å². The van der Waals surface area contributed by atoms with Gasteiger partial charge in [0.05, 0.1) is 18.7 Å². The molecule has 8 atom stereocenters. The van der Waals surface area contributed by atoms with Crippen molar-refractivity contribution in [3.8, 4) is 0 Å². The molecule has 1 saturated heterocycles. The number of likely N-dealkylation sites (N-methyl/N-ethyl adjacent to an activating group) is 1. The maximum absolute atomic E-state index is 14.1. The molecular weight excluding hydrogens is 651 g/mol. The molecule has 7 N–H and O–H groups in total. The Hall–Kier alpha value is -3.33. The van der Waals surface area contributed by atoms with Gasteiger partial charge in [0.25, 0.3) is 0 Å². The number of esters is 1. The summed E-state index contributed by atoms with van der Waals surface area (Å²) in [6.45, 7) is 7.08. The quantitative estimate of drug-likeness (QED) is 0.134. The fourth-order valence-electron chi connectivity index (χ4n) is 6.59. The van der Waals surface area contributed by atoms with Crippen molar-refractivity contribution in [3.05, 3.63) is 0 Å². The van der Waals surface area contributed by atoms with Gasteiger partial charge in [0.15, 0.2) is 0 Å². The van der Waals surface area contributed by atoms with Crippen LogP contribution in [0.15, 0.2) is 0 Å². The largest absolute Gasteiger partial charge is 0.460 e. The van der Waals surface area contributed by atoms with Gasteiger partial charge in [-0.1, -0.05) is 53.4 Å². The number of hydrogen-bond donors (Lipinski definition) is 6. The summed E-state index contributed by atoms with van der Waals surface area (Å²) >= 11 is 0. The second-order valence-electron chi connectivity index (χ2n) is 14.6. The molecule has 1 aliphatic heterocycles. The van der Waals surface area contributed by atoms with Gasteiger partial charge in [-0.05, 0) is 63.2 Å². The van der Waals surface area contributed by atoms with Crippen molar-refractivity contribution in [1.82, 2.24) is 26.2 Å². The lowest BCUT2D eigenvalue weighted by atomic mass is 9.83. The van der Waals surface area contributed by atoms with E-state index in [-0.39, 0.29) is 37.1 Å². The van der Waals surface area contributed by atoms with E-state index in [4.69, 9.17) is 10.5 Å². The topological polar surface area (TPSA) is 209 Å². The molecule has 0 aromatic carbocycles. The molecule has 2 rings (SSSR count). The summed E-state index contributed by atoms with van der Waals surface area (Å²) in [6.07, 6.45) is 4.04. The highest BCUT2D eigenvalue weighted by atomic mass is 19.1. The number of carbonyl (C=O) groups excluding carboxylic acids is 6. The lowest BCUT2D eigenvalue weighted by Gasteiger charge is -2.36. The number of ether oxygens (including phenoxy) is 1. The molecule has 5 amide bonds. The standard InChI is InChI=1S/C35H61FN6O8/c1-20(2)16-26-32(46)41-30(24-13-8-7-9-14-24)34(48)39-25(18-37)31(45)40-29(23(5)43)33(47)38-19-28(44)50-27(22(4)35(49)42(26)6)15-11-10-12-21(3)17-36/h20-27,29-30,43H,7-19,37H2,1-6H3,(H,38,47)(H,39,48)(H,40,45)(H,41,46)/t21?,22-,23+,25+,26+,27-,29+,30+/m1/s1. The SMILES string of the molecule is CC(C)C[C@H]1C(=O)N[C@@H](C2CCCCC2)C(=O)N[C@@H](CN)C(=O)N[C@@H]([C@H](C)O)C(=O)NCC(=O)O[C@H](CCCCC(C)CF)[C@@H](C)C(=O)N1C. The van der Waals surface area contributed by atoms with Gasteiger partial charge in [-0.2, -0.15) is 0 Å². The highest BCUT2D eigenvalue weighted by Crippen LogP contribution is 2.28. The van der Waals surface area contributed by atoms with Gasteiger partial charge in [-0.3, -0.25) is 33.2 Å². The van der Waals surface area contributed by atoms with Crippen molar-refractivity contribution < 1.29 is 43.0 Å². The predicted molar refractivity (Wildman–Crippen MR) is 185 cm³/mol. The van der Waals surface area contributed by atoms with Gasteiger partial charge in [-0.25, -0.2) is 0 Å². The number of rotatable bonds is 11. The molecule has 1 heterocycles. The van der Waals surface area contributed by atoms with Crippen LogP contribution in [0.1, 0.15) is 98.8 Å². The van der Waals surface area contributed by atoms with E-state index in [1.165, 1.54) is 18.9 Å². The second kappa shape index (κ2) is 21.1. The van der Waals surface area contributed by atoms with Crippen molar-refractivity contribution in [2.24, 2.45) is 29.4 Å². The molecule has 2 aliphatic rings. The zero-order valence-electron chi connectivity index (χ0n) is 30.7. The van der Waals surface area contributed by atoms with E-state index in [0.29, 0.717) is 32.1 Å². The monoisotopic (exact) mass is 712 g/mol. The average molecular weight is 713 g/mol. The molecule has 1 unspecified atom stereocenters. The zero-order chi connectivity index (χ0) is 37.5. The van der Waals surface area contributed by atoms with Crippen LogP contribution in [0.3, 0.4) is 0 Å². The lowest BCUT2D eigenvalue weighted by Crippen LogP contribution is -2.62. The van der Waals surface area contributed by atoms with Crippen molar-refractivity contribution in [2.75, 3.05) is 26.8 Å². The Balaban J connectivity index is 2.54. The Kier molecular flexibility index (Phi) is 18.1. The molecule has 0 spiro atoms. The number of nitrogens with one attached hydrogen (secondary N) is 4. The number of aliphatic hydroxyl groups excluding tert-OH is 1. The van der Waals surface area contributed by atoms with Crippen molar-refractivity contribution in [3.63, 3.8) is 0 Å². The van der Waals surface area contributed by atoms with E-state index in [1.54, 1.807) is 13.8 Å². The summed E-state index contributed by atoms with van der Waals surface area (Å²) in [6, 6.07) is -4.81. The number of nitrogens with zero attached hydrogens (tertiary/aromatic N) is 1. The minimum Gasteiger partial charge on any atom is -0.460 e. The van der Waals surface area contributed by atoms with E-state index < -0.39 is 91.0 Å². The third-order valence-corrected chi connectivity index (χ3v) is 9.78. The Morgan fingerprint density at radius 2 is 1.58 bits per heavy atom. The fourth-order valence-corrected chi connectivity index (χ4v) is 6.59. The molecule has 286 valence electrons. The summed E-state index contributed by atoms with van der Waals surface area (Å²) in [5.41, 5.74) is 5.87. The van der Waals surface area contributed by atoms with E-state index in [9.17, 15) is 38.3 Å². The maximum atomic E-state index is 14.1. The Bertz CT molecular complexity index is 1150. The molecule has 1 saturated carbocycles. The third-order valence-electron chi connectivity index (χ3n) is 9.78. The first kappa shape index (κ1) is 42.8. The molecule has 0 bridgehead atoms. The van der Waals surface area contributed by atoms with Gasteiger partial charge in [0.1, 0.15) is 36.8 Å². The number of aliphatic hydroxyl groups is 1. The van der Waals surface area contributed by atoms with Crippen LogP contribution in [0.25, 0.3) is 0 Å². The van der Waals surface area contributed by atoms with Crippen LogP contribution in [0.5, 0.6) is 0 Å². The molecule has 0 aromatic heterocycles. The zero-order valence-corrected chi connectivity index (χ0v) is 30.7. The molecule has 15 heteroatoms. The number of halogens is 1. The normalized spacial score (nSPS) is 28.7. The van der Waals surface area contributed by atoms with Crippen molar-refractivity contribution in [1.29, 1.82) is 0 Å². The fraction of sp³-hybridized carbons (Fsp3) is 0.829. The molecule has 0 radical (unpaired) electrons. The molecule has 2 fully saturated rings. The number of cyclic esters (lactones) is 1. The maximum Gasteiger partial charge on any atom is 0.325 e. The van der Waals surface area contributed by atoms with Crippen LogP contribution in [0.4, 0.5) is 4.39 Å². The van der Waals surface area contributed by atoms with E-state index >= 15 is 0 Å². The minimum atomic E-state index is -1.50. The smallest absolute Gasteiger partial charge is 0.325 e. The number of nitrogens with two attached hydrogens (primary N) is 1. The number of hydrogen-bond acceptors (Lipinski definition) is 9. The van der Waals surface area contributed by atoms with Gasteiger partial charge >= 0.3 is 5.97 Å². The number of unbranched alkanes of at least 4 members (excludes halogenated alkanes) is 1. The second-order valence-corrected chi connectivity index (χ2v) is 14.6. The predicted octanol–water partition coefficient (Wildman–Crippen LogP) is 1.08. The van der Waals surface area contributed by atoms with Crippen LogP contribution in [-0.2, 0) is 33.5 Å². The first-order valence-electron chi connectivity index (χ1n) is 18.2. The molecule has 1 aliphatic carbocycles. The van der Waals surface area contributed by atoms with Crippen LogP contribution < -0.4 is 27.0 Å². The van der Waals surface area contributed by atoms with Crippen LogP contribution in [0.2, 0.25) is 0 Å². The van der Waals surface area contributed by atoms with Gasteiger partial charge < -0.3 is 41.7 Å². The Morgan fingerprint density at radius 1 is 0.920 bits per heavy atom. The van der Waals surface area contributed by atoms with E-state index in [2.05, 4.69) is 21.3 Å². The minimum absolute atomic E-state index is 0.0122. The van der Waals surface area contributed by atoms with Crippen LogP contribution in [0, 0.1) is 23.7 Å². The van der Waals surface area contributed by atoms with Crippen LogP contribution >= 0.6 is 0 Å². The van der Waals surface area contributed by atoms with Gasteiger partial charge in [0, 0.05) is 13.6 Å².